The van der Waals surface area contributed by atoms with E-state index in [1.165, 1.54) is 37.5 Å². The van der Waals surface area contributed by atoms with E-state index in [2.05, 4.69) is 20.0 Å². The maximum absolute atomic E-state index is 14.0. The fourth-order valence-electron chi connectivity index (χ4n) is 3.78. The van der Waals surface area contributed by atoms with Crippen LogP contribution in [0.2, 0.25) is 5.02 Å². The Morgan fingerprint density at radius 3 is 2.04 bits per heavy atom. The highest BCUT2D eigenvalue weighted by molar-refractivity contribution is 6.33. The Morgan fingerprint density at radius 1 is 0.857 bits per heavy atom. The van der Waals surface area contributed by atoms with Gasteiger partial charge in [-0.3, -0.25) is 4.79 Å². The van der Waals surface area contributed by atoms with Gasteiger partial charge in [-0.05, 0) is 43.5 Å². The molecule has 28 heavy (non-hydrogen) atoms. The smallest absolute Gasteiger partial charge is 0.258 e. The maximum atomic E-state index is 14.0. The van der Waals surface area contributed by atoms with Crippen LogP contribution in [0.5, 0.6) is 0 Å². The van der Waals surface area contributed by atoms with Gasteiger partial charge in [-0.1, -0.05) is 17.7 Å². The Kier molecular flexibility index (Phi) is 5.62. The second kappa shape index (κ2) is 8.31. The predicted molar refractivity (Wildman–Crippen MR) is 108 cm³/mol. The van der Waals surface area contributed by atoms with Gasteiger partial charge >= 0.3 is 0 Å². The third-order valence-corrected chi connectivity index (χ3v) is 5.70. The molecule has 148 valence electrons. The molecule has 2 aliphatic heterocycles. The molecule has 1 amide bonds. The fraction of sp³-hybridized carbons (Fsp3) is 0.450. The van der Waals surface area contributed by atoms with Gasteiger partial charge in [-0.2, -0.15) is 0 Å². The summed E-state index contributed by atoms with van der Waals surface area (Å²) in [6.45, 7) is 4.28. The van der Waals surface area contributed by atoms with Crippen LogP contribution in [0, 0.1) is 5.82 Å². The number of benzene rings is 1. The largest absolute Gasteiger partial charge is 0.355 e. The van der Waals surface area contributed by atoms with E-state index >= 15 is 0 Å². The van der Waals surface area contributed by atoms with Gasteiger partial charge in [-0.15, -0.1) is 10.2 Å². The van der Waals surface area contributed by atoms with Crippen molar-refractivity contribution < 1.29 is 9.18 Å². The molecule has 0 atom stereocenters. The zero-order valence-electron chi connectivity index (χ0n) is 15.7. The Labute approximate surface area is 168 Å². The van der Waals surface area contributed by atoms with E-state index in [0.29, 0.717) is 26.2 Å². The van der Waals surface area contributed by atoms with E-state index in [-0.39, 0.29) is 16.5 Å². The maximum Gasteiger partial charge on any atom is 0.258 e. The number of piperazine rings is 1. The quantitative estimate of drug-likeness (QED) is 0.787. The molecule has 0 unspecified atom stereocenters. The summed E-state index contributed by atoms with van der Waals surface area (Å²) in [6, 6.07) is 8.30. The highest BCUT2D eigenvalue weighted by atomic mass is 35.5. The van der Waals surface area contributed by atoms with Crippen LogP contribution < -0.4 is 9.80 Å². The van der Waals surface area contributed by atoms with Crippen molar-refractivity contribution in [2.75, 3.05) is 49.1 Å². The van der Waals surface area contributed by atoms with Gasteiger partial charge in [0.25, 0.3) is 5.91 Å². The zero-order chi connectivity index (χ0) is 19.5. The van der Waals surface area contributed by atoms with Gasteiger partial charge in [0, 0.05) is 39.3 Å². The molecule has 1 aromatic heterocycles. The highest BCUT2D eigenvalue weighted by Crippen LogP contribution is 2.23. The Balaban J connectivity index is 1.38. The zero-order valence-corrected chi connectivity index (χ0v) is 16.4. The van der Waals surface area contributed by atoms with Crippen LogP contribution in [0.3, 0.4) is 0 Å². The summed E-state index contributed by atoms with van der Waals surface area (Å²) in [5.41, 5.74) is -0.0525. The number of hydrogen-bond donors (Lipinski definition) is 0. The second-order valence-corrected chi connectivity index (χ2v) is 7.58. The van der Waals surface area contributed by atoms with Crippen LogP contribution in [0.15, 0.2) is 30.3 Å². The number of hydrogen-bond acceptors (Lipinski definition) is 5. The van der Waals surface area contributed by atoms with Crippen LogP contribution in [0.25, 0.3) is 0 Å². The summed E-state index contributed by atoms with van der Waals surface area (Å²) in [4.78, 5) is 18.7. The molecule has 0 saturated carbocycles. The van der Waals surface area contributed by atoms with E-state index < -0.39 is 5.82 Å². The minimum Gasteiger partial charge on any atom is -0.355 e. The summed E-state index contributed by atoms with van der Waals surface area (Å²) in [6.07, 6.45) is 3.68. The van der Waals surface area contributed by atoms with Crippen molar-refractivity contribution in [1.82, 2.24) is 15.1 Å². The van der Waals surface area contributed by atoms with E-state index in [9.17, 15) is 9.18 Å². The number of aromatic nitrogens is 2. The molecular formula is C20H23ClFN5O. The number of anilines is 2. The minimum atomic E-state index is -0.584. The van der Waals surface area contributed by atoms with Crippen molar-refractivity contribution in [3.63, 3.8) is 0 Å². The van der Waals surface area contributed by atoms with E-state index in [1.54, 1.807) is 4.90 Å². The Bertz CT molecular complexity index is 813. The van der Waals surface area contributed by atoms with Gasteiger partial charge in [0.2, 0.25) is 0 Å². The second-order valence-electron chi connectivity index (χ2n) is 7.17. The molecule has 0 bridgehead atoms. The average Bonchev–Trinajstić information content (AvgIpc) is 2.74. The van der Waals surface area contributed by atoms with Crippen LogP contribution in [-0.2, 0) is 0 Å². The van der Waals surface area contributed by atoms with Gasteiger partial charge < -0.3 is 14.7 Å². The van der Waals surface area contributed by atoms with Crippen LogP contribution >= 0.6 is 11.6 Å². The summed E-state index contributed by atoms with van der Waals surface area (Å²) in [7, 11) is 0. The SMILES string of the molecule is O=C(c1c(F)cccc1Cl)N1CCN(c2ccc(N3CCCCC3)nn2)CC1. The lowest BCUT2D eigenvalue weighted by Crippen LogP contribution is -2.49. The van der Waals surface area contributed by atoms with Crippen molar-refractivity contribution in [3.8, 4) is 0 Å². The molecule has 2 saturated heterocycles. The van der Waals surface area contributed by atoms with E-state index in [1.807, 2.05) is 12.1 Å². The third-order valence-electron chi connectivity index (χ3n) is 5.38. The van der Waals surface area contributed by atoms with Crippen LogP contribution in [0.4, 0.5) is 16.0 Å². The number of amides is 1. The molecule has 2 fully saturated rings. The van der Waals surface area contributed by atoms with Crippen molar-refractivity contribution in [3.05, 3.63) is 46.7 Å². The predicted octanol–water partition coefficient (Wildman–Crippen LogP) is 3.22. The fourth-order valence-corrected chi connectivity index (χ4v) is 4.02. The summed E-state index contributed by atoms with van der Waals surface area (Å²) < 4.78 is 14.0. The molecule has 6 nitrogen and oxygen atoms in total. The lowest BCUT2D eigenvalue weighted by Gasteiger charge is -2.35. The molecule has 0 radical (unpaired) electrons. The molecule has 0 N–H and O–H groups in total. The van der Waals surface area contributed by atoms with Crippen molar-refractivity contribution in [2.45, 2.75) is 19.3 Å². The van der Waals surface area contributed by atoms with Gasteiger partial charge in [0.15, 0.2) is 11.6 Å². The Hall–Kier alpha value is -2.41. The highest BCUT2D eigenvalue weighted by Gasteiger charge is 2.26. The minimum absolute atomic E-state index is 0.0525. The van der Waals surface area contributed by atoms with E-state index in [4.69, 9.17) is 11.6 Å². The number of nitrogens with zero attached hydrogens (tertiary/aromatic N) is 5. The normalized spacial score (nSPS) is 17.7. The molecule has 2 aliphatic rings. The van der Waals surface area contributed by atoms with Gasteiger partial charge in [-0.25, -0.2) is 4.39 Å². The number of halogens is 2. The van der Waals surface area contributed by atoms with Gasteiger partial charge in [0.05, 0.1) is 10.6 Å². The standard InChI is InChI=1S/C20H23ClFN5O/c21-15-5-4-6-16(22)19(15)20(28)27-13-11-26(12-14-27)18-8-7-17(23-24-18)25-9-2-1-3-10-25/h4-8H,1-3,9-14H2. The average molecular weight is 404 g/mol. The topological polar surface area (TPSA) is 52.6 Å². The molecular weight excluding hydrogens is 381 g/mol. The number of rotatable bonds is 3. The lowest BCUT2D eigenvalue weighted by atomic mass is 10.1. The molecule has 0 aliphatic carbocycles. The molecule has 8 heteroatoms. The first-order valence-corrected chi connectivity index (χ1v) is 10.1. The molecule has 2 aromatic rings. The lowest BCUT2D eigenvalue weighted by molar-refractivity contribution is 0.0742. The molecule has 4 rings (SSSR count). The molecule has 3 heterocycles. The van der Waals surface area contributed by atoms with Crippen LogP contribution in [-0.4, -0.2) is 60.3 Å². The van der Waals surface area contributed by atoms with E-state index in [0.717, 1.165) is 24.7 Å². The number of carbonyl (C=O) groups is 1. The number of piperidine rings is 1. The summed E-state index contributed by atoms with van der Waals surface area (Å²) in [5, 5.41) is 8.92. The van der Waals surface area contributed by atoms with Crippen LogP contribution in [0.1, 0.15) is 29.6 Å². The van der Waals surface area contributed by atoms with Crippen molar-refractivity contribution in [1.29, 1.82) is 0 Å². The van der Waals surface area contributed by atoms with Gasteiger partial charge in [0.1, 0.15) is 5.82 Å². The first-order valence-electron chi connectivity index (χ1n) is 9.70. The van der Waals surface area contributed by atoms with Crippen molar-refractivity contribution in [2.24, 2.45) is 0 Å². The first-order chi connectivity index (χ1) is 13.6. The van der Waals surface area contributed by atoms with Crippen molar-refractivity contribution >= 4 is 29.1 Å². The number of carbonyl (C=O) groups excluding carboxylic acids is 1. The first kappa shape index (κ1) is 18.9. The Morgan fingerprint density at radius 2 is 1.46 bits per heavy atom. The monoisotopic (exact) mass is 403 g/mol. The molecule has 0 spiro atoms. The third kappa shape index (κ3) is 3.90. The summed E-state index contributed by atoms with van der Waals surface area (Å²) in [5.74, 6) is 0.775. The summed E-state index contributed by atoms with van der Waals surface area (Å²) >= 11 is 6.03. The molecule has 1 aromatic carbocycles.